The number of benzene rings is 1. The molecule has 0 saturated heterocycles. The monoisotopic (exact) mass is 286 g/mol. The van der Waals surface area contributed by atoms with Crippen molar-refractivity contribution < 1.29 is 4.42 Å². The van der Waals surface area contributed by atoms with Crippen molar-refractivity contribution in [3.63, 3.8) is 0 Å². The second kappa shape index (κ2) is 7.89. The number of hydrogen-bond acceptors (Lipinski definition) is 3. The summed E-state index contributed by atoms with van der Waals surface area (Å²) < 4.78 is 5.50. The van der Waals surface area contributed by atoms with Gasteiger partial charge in [-0.2, -0.15) is 0 Å². The van der Waals surface area contributed by atoms with E-state index in [4.69, 9.17) is 4.42 Å². The predicted molar refractivity (Wildman–Crippen MR) is 88.6 cm³/mol. The van der Waals surface area contributed by atoms with Crippen molar-refractivity contribution in [2.24, 2.45) is 0 Å². The molecule has 1 aromatic heterocycles. The molecule has 1 aromatic carbocycles. The Labute approximate surface area is 128 Å². The SMILES string of the molecule is CCNC(CC)c1ccccc1N(CC)Cc1ccco1. The Bertz CT molecular complexity index is 522. The van der Waals surface area contributed by atoms with Crippen LogP contribution in [0.15, 0.2) is 47.1 Å². The predicted octanol–water partition coefficient (Wildman–Crippen LogP) is 4.37. The topological polar surface area (TPSA) is 28.4 Å². The first-order chi connectivity index (χ1) is 10.3. The zero-order valence-corrected chi connectivity index (χ0v) is 13.3. The number of anilines is 1. The fourth-order valence-electron chi connectivity index (χ4n) is 2.75. The van der Waals surface area contributed by atoms with Crippen LogP contribution in [-0.2, 0) is 6.54 Å². The zero-order chi connectivity index (χ0) is 15.1. The lowest BCUT2D eigenvalue weighted by molar-refractivity contribution is 0.501. The summed E-state index contributed by atoms with van der Waals surface area (Å²) in [4.78, 5) is 2.37. The van der Waals surface area contributed by atoms with E-state index in [0.717, 1.165) is 31.8 Å². The summed E-state index contributed by atoms with van der Waals surface area (Å²) in [5.41, 5.74) is 2.67. The molecule has 114 valence electrons. The molecular formula is C18H26N2O. The molecule has 1 N–H and O–H groups in total. The van der Waals surface area contributed by atoms with Gasteiger partial charge in [0.25, 0.3) is 0 Å². The lowest BCUT2D eigenvalue weighted by Gasteiger charge is -2.28. The maximum absolute atomic E-state index is 5.50. The number of hydrogen-bond donors (Lipinski definition) is 1. The van der Waals surface area contributed by atoms with E-state index >= 15 is 0 Å². The molecule has 0 bridgehead atoms. The lowest BCUT2D eigenvalue weighted by Crippen LogP contribution is -2.27. The van der Waals surface area contributed by atoms with Gasteiger partial charge in [0, 0.05) is 18.3 Å². The van der Waals surface area contributed by atoms with Gasteiger partial charge in [0.2, 0.25) is 0 Å². The highest BCUT2D eigenvalue weighted by molar-refractivity contribution is 5.55. The molecule has 0 radical (unpaired) electrons. The zero-order valence-electron chi connectivity index (χ0n) is 13.3. The van der Waals surface area contributed by atoms with Crippen molar-refractivity contribution >= 4 is 5.69 Å². The number of rotatable bonds is 8. The molecule has 0 aliphatic rings. The second-order valence-corrected chi connectivity index (χ2v) is 5.17. The largest absolute Gasteiger partial charge is 0.467 e. The average molecular weight is 286 g/mol. The fourth-order valence-corrected chi connectivity index (χ4v) is 2.75. The molecule has 0 spiro atoms. The van der Waals surface area contributed by atoms with Gasteiger partial charge in [-0.1, -0.05) is 32.0 Å². The van der Waals surface area contributed by atoms with E-state index in [9.17, 15) is 0 Å². The maximum atomic E-state index is 5.50. The van der Waals surface area contributed by atoms with Gasteiger partial charge in [-0.05, 0) is 43.7 Å². The second-order valence-electron chi connectivity index (χ2n) is 5.17. The van der Waals surface area contributed by atoms with E-state index in [-0.39, 0.29) is 0 Å². The van der Waals surface area contributed by atoms with Crippen LogP contribution in [0.4, 0.5) is 5.69 Å². The van der Waals surface area contributed by atoms with Crippen molar-refractivity contribution in [3.05, 3.63) is 54.0 Å². The lowest BCUT2D eigenvalue weighted by atomic mass is 10.0. The minimum Gasteiger partial charge on any atom is -0.467 e. The van der Waals surface area contributed by atoms with Crippen LogP contribution in [0.1, 0.15) is 44.6 Å². The number of nitrogens with one attached hydrogen (secondary N) is 1. The Morgan fingerprint density at radius 3 is 2.52 bits per heavy atom. The molecule has 2 aromatic rings. The van der Waals surface area contributed by atoms with Crippen molar-refractivity contribution in [1.82, 2.24) is 5.32 Å². The van der Waals surface area contributed by atoms with E-state index in [2.05, 4.69) is 55.3 Å². The summed E-state index contributed by atoms with van der Waals surface area (Å²) in [5.74, 6) is 1.00. The highest BCUT2D eigenvalue weighted by Crippen LogP contribution is 2.29. The fraction of sp³-hybridized carbons (Fsp3) is 0.444. The summed E-state index contributed by atoms with van der Waals surface area (Å²) >= 11 is 0. The molecule has 1 atom stereocenters. The van der Waals surface area contributed by atoms with Crippen LogP contribution in [-0.4, -0.2) is 13.1 Å². The molecule has 0 amide bonds. The number of nitrogens with zero attached hydrogens (tertiary/aromatic N) is 1. The third kappa shape index (κ3) is 3.88. The maximum Gasteiger partial charge on any atom is 0.123 e. The number of para-hydroxylation sites is 1. The van der Waals surface area contributed by atoms with E-state index in [1.807, 2.05) is 12.1 Å². The smallest absolute Gasteiger partial charge is 0.123 e. The average Bonchev–Trinajstić information content (AvgIpc) is 3.03. The highest BCUT2D eigenvalue weighted by Gasteiger charge is 2.16. The summed E-state index contributed by atoms with van der Waals surface area (Å²) in [6.45, 7) is 9.33. The summed E-state index contributed by atoms with van der Waals surface area (Å²) in [6.07, 6.45) is 2.83. The third-order valence-electron chi connectivity index (χ3n) is 3.82. The van der Waals surface area contributed by atoms with E-state index in [0.29, 0.717) is 6.04 Å². The molecule has 0 aliphatic heterocycles. The quantitative estimate of drug-likeness (QED) is 0.781. The van der Waals surface area contributed by atoms with E-state index in [1.54, 1.807) is 6.26 Å². The third-order valence-corrected chi connectivity index (χ3v) is 3.82. The molecule has 2 rings (SSSR count). The molecule has 0 fully saturated rings. The Hall–Kier alpha value is -1.74. The Morgan fingerprint density at radius 1 is 1.10 bits per heavy atom. The molecule has 0 saturated carbocycles. The van der Waals surface area contributed by atoms with Crippen molar-refractivity contribution in [2.45, 2.75) is 39.8 Å². The summed E-state index contributed by atoms with van der Waals surface area (Å²) in [7, 11) is 0. The Balaban J connectivity index is 2.28. The molecule has 0 aliphatic carbocycles. The minimum atomic E-state index is 0.400. The molecule has 1 heterocycles. The first kappa shape index (κ1) is 15.6. The van der Waals surface area contributed by atoms with E-state index < -0.39 is 0 Å². The standard InChI is InChI=1S/C18H26N2O/c1-4-17(19-5-2)16-11-7-8-12-18(16)20(6-3)14-15-10-9-13-21-15/h7-13,17,19H,4-6,14H2,1-3H3. The molecule has 1 unspecified atom stereocenters. The minimum absolute atomic E-state index is 0.400. The normalized spacial score (nSPS) is 12.3. The van der Waals surface area contributed by atoms with Crippen LogP contribution < -0.4 is 10.2 Å². The van der Waals surface area contributed by atoms with Crippen LogP contribution in [0.2, 0.25) is 0 Å². The Morgan fingerprint density at radius 2 is 1.90 bits per heavy atom. The van der Waals surface area contributed by atoms with Gasteiger partial charge in [-0.25, -0.2) is 0 Å². The van der Waals surface area contributed by atoms with E-state index in [1.165, 1.54) is 11.3 Å². The van der Waals surface area contributed by atoms with Gasteiger partial charge in [0.1, 0.15) is 5.76 Å². The summed E-state index contributed by atoms with van der Waals surface area (Å²) in [5, 5.41) is 3.58. The van der Waals surface area contributed by atoms with Crippen LogP contribution >= 0.6 is 0 Å². The highest BCUT2D eigenvalue weighted by atomic mass is 16.3. The van der Waals surface area contributed by atoms with Crippen LogP contribution in [0.5, 0.6) is 0 Å². The van der Waals surface area contributed by atoms with Gasteiger partial charge in [0.05, 0.1) is 12.8 Å². The first-order valence-corrected chi connectivity index (χ1v) is 7.89. The van der Waals surface area contributed by atoms with Gasteiger partial charge in [0.15, 0.2) is 0 Å². The molecule has 3 nitrogen and oxygen atoms in total. The van der Waals surface area contributed by atoms with Gasteiger partial charge >= 0.3 is 0 Å². The van der Waals surface area contributed by atoms with Gasteiger partial charge in [-0.15, -0.1) is 0 Å². The van der Waals surface area contributed by atoms with Crippen molar-refractivity contribution in [3.8, 4) is 0 Å². The first-order valence-electron chi connectivity index (χ1n) is 7.89. The van der Waals surface area contributed by atoms with Gasteiger partial charge < -0.3 is 14.6 Å². The van der Waals surface area contributed by atoms with Crippen LogP contribution in [0, 0.1) is 0 Å². The van der Waals surface area contributed by atoms with Crippen LogP contribution in [0.25, 0.3) is 0 Å². The molecule has 21 heavy (non-hydrogen) atoms. The van der Waals surface area contributed by atoms with Crippen molar-refractivity contribution in [2.75, 3.05) is 18.0 Å². The summed E-state index contributed by atoms with van der Waals surface area (Å²) in [6, 6.07) is 13.1. The van der Waals surface area contributed by atoms with Crippen molar-refractivity contribution in [1.29, 1.82) is 0 Å². The molecular weight excluding hydrogens is 260 g/mol. The molecule has 3 heteroatoms. The van der Waals surface area contributed by atoms with Crippen LogP contribution in [0.3, 0.4) is 0 Å². The Kier molecular flexibility index (Phi) is 5.88. The van der Waals surface area contributed by atoms with Gasteiger partial charge in [-0.3, -0.25) is 0 Å². The number of furan rings is 1.